The molecule has 17 heavy (non-hydrogen) atoms. The van der Waals surface area contributed by atoms with Gasteiger partial charge in [-0.15, -0.1) is 0 Å². The first-order valence-electron chi connectivity index (χ1n) is 4.83. The molecule has 1 aromatic carbocycles. The molecule has 0 fully saturated rings. The number of hydrogen-bond donors (Lipinski definition) is 1. The van der Waals surface area contributed by atoms with Gasteiger partial charge in [-0.25, -0.2) is 0 Å². The van der Waals surface area contributed by atoms with Crippen LogP contribution in [0.2, 0.25) is 10.0 Å². The minimum Gasteiger partial charge on any atom is -0.488 e. The molecule has 0 aromatic heterocycles. The van der Waals surface area contributed by atoms with E-state index in [9.17, 15) is 9.59 Å². The van der Waals surface area contributed by atoms with Gasteiger partial charge in [-0.2, -0.15) is 0 Å². The number of nitrogens with two attached hydrogens (primary N) is 1. The van der Waals surface area contributed by atoms with Gasteiger partial charge in [-0.3, -0.25) is 9.59 Å². The van der Waals surface area contributed by atoms with E-state index in [4.69, 9.17) is 33.7 Å². The summed E-state index contributed by atoms with van der Waals surface area (Å²) in [6, 6.07) is 2.90. The smallest absolute Gasteiger partial charge is 0.221 e. The van der Waals surface area contributed by atoms with E-state index in [1.165, 1.54) is 12.1 Å². The Kier molecular flexibility index (Phi) is 4.78. The van der Waals surface area contributed by atoms with E-state index in [0.29, 0.717) is 11.3 Å². The number of primary amides is 1. The maximum absolute atomic E-state index is 10.8. The van der Waals surface area contributed by atoms with Crippen molar-refractivity contribution in [3.63, 3.8) is 0 Å². The third kappa shape index (κ3) is 3.91. The predicted molar refractivity (Wildman–Crippen MR) is 65.8 cm³/mol. The number of amides is 1. The Morgan fingerprint density at radius 3 is 2.71 bits per heavy atom. The fraction of sp³-hybridized carbons (Fsp3) is 0.273. The van der Waals surface area contributed by atoms with Crippen LogP contribution in [0.3, 0.4) is 0 Å². The molecule has 4 nitrogen and oxygen atoms in total. The van der Waals surface area contributed by atoms with Crippen molar-refractivity contribution < 1.29 is 14.3 Å². The first-order valence-corrected chi connectivity index (χ1v) is 5.58. The van der Waals surface area contributed by atoms with Crippen molar-refractivity contribution in [2.75, 3.05) is 0 Å². The van der Waals surface area contributed by atoms with Crippen LogP contribution in [0.5, 0.6) is 5.75 Å². The molecule has 0 radical (unpaired) electrons. The summed E-state index contributed by atoms with van der Waals surface area (Å²) in [5.74, 6) is -0.282. The van der Waals surface area contributed by atoms with Crippen LogP contribution in [-0.4, -0.2) is 18.3 Å². The molecule has 0 aliphatic carbocycles. The molecule has 0 aliphatic rings. The second-order valence-corrected chi connectivity index (χ2v) is 4.37. The van der Waals surface area contributed by atoms with E-state index in [2.05, 4.69) is 0 Å². The lowest BCUT2D eigenvalue weighted by atomic mass is 10.2. The summed E-state index contributed by atoms with van der Waals surface area (Å²) in [4.78, 5) is 21.6. The fourth-order valence-corrected chi connectivity index (χ4v) is 1.87. The van der Waals surface area contributed by atoms with Crippen molar-refractivity contribution in [1.29, 1.82) is 0 Å². The number of hydrogen-bond acceptors (Lipinski definition) is 3. The standard InChI is InChI=1S/C11H11Cl2NO3/c1-6(2-10(14)16)17-11-7(5-15)3-8(12)4-9(11)13/h3-6H,2H2,1H3,(H2,14,16). The molecular weight excluding hydrogens is 265 g/mol. The summed E-state index contributed by atoms with van der Waals surface area (Å²) in [6.07, 6.45) is 0.159. The maximum atomic E-state index is 10.8. The summed E-state index contributed by atoms with van der Waals surface area (Å²) in [7, 11) is 0. The number of halogens is 2. The molecule has 1 atom stereocenters. The molecule has 0 aliphatic heterocycles. The molecular formula is C11H11Cl2NO3. The van der Waals surface area contributed by atoms with Crippen LogP contribution in [0.15, 0.2) is 12.1 Å². The van der Waals surface area contributed by atoms with Crippen LogP contribution < -0.4 is 10.5 Å². The lowest BCUT2D eigenvalue weighted by Crippen LogP contribution is -2.22. The second kappa shape index (κ2) is 5.89. The van der Waals surface area contributed by atoms with Gasteiger partial charge in [-0.1, -0.05) is 23.2 Å². The van der Waals surface area contributed by atoms with Crippen LogP contribution in [-0.2, 0) is 4.79 Å². The van der Waals surface area contributed by atoms with Gasteiger partial charge in [0, 0.05) is 5.02 Å². The van der Waals surface area contributed by atoms with Crippen LogP contribution in [0, 0.1) is 0 Å². The Balaban J connectivity index is 2.97. The van der Waals surface area contributed by atoms with Gasteiger partial charge in [-0.05, 0) is 19.1 Å². The first-order chi connectivity index (χ1) is 7.93. The molecule has 1 rings (SSSR count). The summed E-state index contributed by atoms with van der Waals surface area (Å²) in [5.41, 5.74) is 5.27. The zero-order chi connectivity index (χ0) is 13.0. The largest absolute Gasteiger partial charge is 0.488 e. The SMILES string of the molecule is CC(CC(N)=O)Oc1c(Cl)cc(Cl)cc1C=O. The van der Waals surface area contributed by atoms with E-state index in [-0.39, 0.29) is 22.8 Å². The van der Waals surface area contributed by atoms with E-state index in [1.807, 2.05) is 0 Å². The van der Waals surface area contributed by atoms with Gasteiger partial charge in [0.15, 0.2) is 6.29 Å². The highest BCUT2D eigenvalue weighted by Crippen LogP contribution is 2.32. The molecule has 92 valence electrons. The third-order valence-corrected chi connectivity index (χ3v) is 2.47. The van der Waals surface area contributed by atoms with Crippen molar-refractivity contribution in [3.8, 4) is 5.75 Å². The Morgan fingerprint density at radius 1 is 1.53 bits per heavy atom. The average molecular weight is 276 g/mol. The number of carbonyl (C=O) groups excluding carboxylic acids is 2. The third-order valence-electron chi connectivity index (χ3n) is 1.97. The van der Waals surface area contributed by atoms with Gasteiger partial charge in [0.2, 0.25) is 5.91 Å². The highest BCUT2D eigenvalue weighted by atomic mass is 35.5. The average Bonchev–Trinajstić information content (AvgIpc) is 2.20. The van der Waals surface area contributed by atoms with Gasteiger partial charge in [0.1, 0.15) is 11.9 Å². The molecule has 0 spiro atoms. The normalized spacial score (nSPS) is 11.9. The van der Waals surface area contributed by atoms with E-state index in [0.717, 1.165) is 0 Å². The number of carbonyl (C=O) groups is 2. The molecule has 1 amide bonds. The molecule has 1 unspecified atom stereocenters. The number of benzene rings is 1. The molecule has 0 saturated heterocycles. The van der Waals surface area contributed by atoms with E-state index < -0.39 is 12.0 Å². The molecule has 6 heteroatoms. The minimum absolute atomic E-state index is 0.0389. The Labute approximate surface area is 109 Å². The Bertz CT molecular complexity index is 449. The van der Waals surface area contributed by atoms with E-state index in [1.54, 1.807) is 6.92 Å². The monoisotopic (exact) mass is 275 g/mol. The lowest BCUT2D eigenvalue weighted by Gasteiger charge is -2.16. The van der Waals surface area contributed by atoms with Gasteiger partial charge >= 0.3 is 0 Å². The summed E-state index contributed by atoms with van der Waals surface area (Å²) < 4.78 is 5.41. The lowest BCUT2D eigenvalue weighted by molar-refractivity contribution is -0.119. The Hall–Kier alpha value is -1.26. The fourth-order valence-electron chi connectivity index (χ4n) is 1.32. The Morgan fingerprint density at radius 2 is 2.18 bits per heavy atom. The molecule has 0 saturated carbocycles. The molecule has 2 N–H and O–H groups in total. The van der Waals surface area contributed by atoms with Crippen molar-refractivity contribution in [1.82, 2.24) is 0 Å². The highest BCUT2D eigenvalue weighted by molar-refractivity contribution is 6.36. The van der Waals surface area contributed by atoms with Crippen molar-refractivity contribution in [2.45, 2.75) is 19.4 Å². The number of ether oxygens (including phenoxy) is 1. The predicted octanol–water partition coefficient (Wildman–Crippen LogP) is 2.45. The first kappa shape index (κ1) is 13.8. The molecule has 0 heterocycles. The maximum Gasteiger partial charge on any atom is 0.221 e. The highest BCUT2D eigenvalue weighted by Gasteiger charge is 2.14. The summed E-state index contributed by atoms with van der Waals surface area (Å²) in [6.45, 7) is 1.66. The summed E-state index contributed by atoms with van der Waals surface area (Å²) >= 11 is 11.7. The quantitative estimate of drug-likeness (QED) is 0.840. The van der Waals surface area contributed by atoms with E-state index >= 15 is 0 Å². The molecule has 1 aromatic rings. The topological polar surface area (TPSA) is 69.4 Å². The van der Waals surface area contributed by atoms with Crippen LogP contribution in [0.1, 0.15) is 23.7 Å². The van der Waals surface area contributed by atoms with Crippen LogP contribution >= 0.6 is 23.2 Å². The van der Waals surface area contributed by atoms with Crippen LogP contribution in [0.4, 0.5) is 0 Å². The van der Waals surface area contributed by atoms with Gasteiger partial charge in [0.05, 0.1) is 17.0 Å². The van der Waals surface area contributed by atoms with Gasteiger partial charge in [0.25, 0.3) is 0 Å². The zero-order valence-corrected chi connectivity index (χ0v) is 10.6. The van der Waals surface area contributed by atoms with Gasteiger partial charge < -0.3 is 10.5 Å². The van der Waals surface area contributed by atoms with Crippen LogP contribution in [0.25, 0.3) is 0 Å². The van der Waals surface area contributed by atoms with Crippen molar-refractivity contribution in [2.24, 2.45) is 5.73 Å². The van der Waals surface area contributed by atoms with Crippen molar-refractivity contribution >= 4 is 35.4 Å². The van der Waals surface area contributed by atoms with Crippen molar-refractivity contribution in [3.05, 3.63) is 27.7 Å². The number of aldehydes is 1. The zero-order valence-electron chi connectivity index (χ0n) is 9.07. The number of rotatable bonds is 5. The minimum atomic E-state index is -0.491. The summed E-state index contributed by atoms with van der Waals surface area (Å²) in [5, 5.41) is 0.558. The molecule has 0 bridgehead atoms. The second-order valence-electron chi connectivity index (χ2n) is 3.52.